The molecule has 3 rings (SSSR count). The third-order valence-electron chi connectivity index (χ3n) is 5.47. The molecule has 2 aliphatic heterocycles. The van der Waals surface area contributed by atoms with Crippen molar-refractivity contribution in [1.29, 1.82) is 0 Å². The number of rotatable bonds is 7. The molecule has 0 bridgehead atoms. The van der Waals surface area contributed by atoms with Gasteiger partial charge in [-0.3, -0.25) is 4.79 Å². The molecule has 8 heteroatoms. The minimum Gasteiger partial charge on any atom is -0.444 e. The van der Waals surface area contributed by atoms with Gasteiger partial charge in [-0.2, -0.15) is 10.2 Å². The molecular weight excluding hydrogens is 382 g/mol. The summed E-state index contributed by atoms with van der Waals surface area (Å²) in [5.41, 5.74) is 1.66. The first-order valence-electron chi connectivity index (χ1n) is 10.4. The van der Waals surface area contributed by atoms with Crippen molar-refractivity contribution in [2.24, 2.45) is 10.2 Å². The maximum atomic E-state index is 12.7. The van der Waals surface area contributed by atoms with Crippen molar-refractivity contribution in [2.75, 3.05) is 19.6 Å². The van der Waals surface area contributed by atoms with Crippen molar-refractivity contribution in [3.63, 3.8) is 0 Å². The molecule has 0 radical (unpaired) electrons. The minimum atomic E-state index is -0.507. The fraction of sp³-hybridized carbons (Fsp3) is 0.636. The summed E-state index contributed by atoms with van der Waals surface area (Å²) in [7, 11) is 0. The second-order valence-electron chi connectivity index (χ2n) is 9.09. The number of nitrogens with one attached hydrogen (secondary N) is 1. The molecule has 0 spiro atoms. The Morgan fingerprint density at radius 3 is 2.53 bits per heavy atom. The molecule has 3 heterocycles. The van der Waals surface area contributed by atoms with Gasteiger partial charge in [0, 0.05) is 50.3 Å². The number of aryl methyl sites for hydroxylation is 1. The van der Waals surface area contributed by atoms with E-state index in [1.165, 1.54) is 0 Å². The summed E-state index contributed by atoms with van der Waals surface area (Å²) in [4.78, 5) is 26.6. The number of carbonyl (C=O) groups is 2. The molecule has 0 saturated carbocycles. The molecule has 30 heavy (non-hydrogen) atoms. The quantitative estimate of drug-likeness (QED) is 0.693. The first-order chi connectivity index (χ1) is 14.1. The number of amides is 2. The van der Waals surface area contributed by atoms with Crippen molar-refractivity contribution >= 4 is 12.0 Å². The van der Waals surface area contributed by atoms with Crippen LogP contribution in [-0.4, -0.2) is 52.4 Å². The third kappa shape index (κ3) is 4.84. The summed E-state index contributed by atoms with van der Waals surface area (Å²) in [5.74, 6) is 2.50. The second kappa shape index (κ2) is 8.13. The van der Waals surface area contributed by atoms with E-state index in [2.05, 4.69) is 26.0 Å². The van der Waals surface area contributed by atoms with Gasteiger partial charge in [0.2, 0.25) is 0 Å². The molecule has 1 aromatic heterocycles. The largest absolute Gasteiger partial charge is 0.444 e. The van der Waals surface area contributed by atoms with Gasteiger partial charge in [0.05, 0.1) is 11.6 Å². The number of nitrogens with zero attached hydrogens (tertiary/aromatic N) is 4. The van der Waals surface area contributed by atoms with E-state index >= 15 is 0 Å². The Hall–Kier alpha value is -2.82. The summed E-state index contributed by atoms with van der Waals surface area (Å²) < 4.78 is 7.55. The van der Waals surface area contributed by atoms with Gasteiger partial charge in [0.15, 0.2) is 5.66 Å². The molecule has 8 nitrogen and oxygen atoms in total. The molecule has 0 unspecified atom stereocenters. The van der Waals surface area contributed by atoms with Crippen molar-refractivity contribution in [3.05, 3.63) is 23.0 Å². The maximum absolute atomic E-state index is 12.7. The molecular formula is C22H31N5O3. The number of terminal acetylenes is 1. The molecule has 162 valence electrons. The minimum absolute atomic E-state index is 0.106. The van der Waals surface area contributed by atoms with Crippen LogP contribution in [0.25, 0.3) is 0 Å². The van der Waals surface area contributed by atoms with E-state index in [9.17, 15) is 9.59 Å². The van der Waals surface area contributed by atoms with Crippen LogP contribution in [0.15, 0.2) is 16.3 Å². The Balaban J connectivity index is 1.54. The highest BCUT2D eigenvalue weighted by Crippen LogP contribution is 2.36. The SMILES string of the molecule is C#CCCC1(CCNC(=O)c2cc(C)n(C3CN(C(=O)OC(C)(C)C)C3)c2C)N=N1. The lowest BCUT2D eigenvalue weighted by atomic mass is 10.0. The molecule has 1 fully saturated rings. The van der Waals surface area contributed by atoms with Gasteiger partial charge in [-0.1, -0.05) is 0 Å². The maximum Gasteiger partial charge on any atom is 0.410 e. The Labute approximate surface area is 178 Å². The lowest BCUT2D eigenvalue weighted by molar-refractivity contribution is 0.000628. The van der Waals surface area contributed by atoms with Crippen LogP contribution in [0, 0.1) is 26.2 Å². The highest BCUT2D eigenvalue weighted by atomic mass is 16.6. The van der Waals surface area contributed by atoms with Gasteiger partial charge in [0.1, 0.15) is 5.60 Å². The average molecular weight is 414 g/mol. The van der Waals surface area contributed by atoms with Crippen LogP contribution in [0.5, 0.6) is 0 Å². The highest BCUT2D eigenvalue weighted by molar-refractivity contribution is 5.95. The first-order valence-corrected chi connectivity index (χ1v) is 10.4. The lowest BCUT2D eigenvalue weighted by Crippen LogP contribution is -2.52. The van der Waals surface area contributed by atoms with Gasteiger partial charge in [-0.05, 0) is 40.7 Å². The van der Waals surface area contributed by atoms with Crippen LogP contribution in [0.4, 0.5) is 4.79 Å². The average Bonchev–Trinajstić information content (AvgIpc) is 3.31. The summed E-state index contributed by atoms with van der Waals surface area (Å²) >= 11 is 0. The van der Waals surface area contributed by atoms with Crippen LogP contribution >= 0.6 is 0 Å². The second-order valence-corrected chi connectivity index (χ2v) is 9.09. The van der Waals surface area contributed by atoms with Crippen LogP contribution in [0.2, 0.25) is 0 Å². The summed E-state index contributed by atoms with van der Waals surface area (Å²) in [6.07, 6.45) is 7.02. The van der Waals surface area contributed by atoms with Gasteiger partial charge < -0.3 is 19.5 Å². The predicted octanol–water partition coefficient (Wildman–Crippen LogP) is 3.59. The number of ether oxygens (including phenoxy) is 1. The monoisotopic (exact) mass is 413 g/mol. The number of aromatic nitrogens is 1. The molecule has 1 aromatic rings. The molecule has 2 amide bonds. The van der Waals surface area contributed by atoms with Crippen LogP contribution in [0.3, 0.4) is 0 Å². The van der Waals surface area contributed by atoms with Gasteiger partial charge in [0.25, 0.3) is 5.91 Å². The molecule has 0 aromatic carbocycles. The third-order valence-corrected chi connectivity index (χ3v) is 5.47. The molecule has 2 aliphatic rings. The zero-order chi connectivity index (χ0) is 22.1. The lowest BCUT2D eigenvalue weighted by Gasteiger charge is -2.41. The number of carbonyl (C=O) groups excluding carboxylic acids is 2. The van der Waals surface area contributed by atoms with Gasteiger partial charge >= 0.3 is 6.09 Å². The molecule has 0 aliphatic carbocycles. The van der Waals surface area contributed by atoms with Crippen molar-refractivity contribution in [2.45, 2.75) is 71.2 Å². The highest BCUT2D eigenvalue weighted by Gasteiger charge is 2.39. The molecule has 1 saturated heterocycles. The standard InChI is InChI=1S/C22H31N5O3/c1-7-8-9-22(24-25-22)10-11-23-19(28)18-12-15(2)27(16(18)3)17-13-26(14-17)20(29)30-21(4,5)6/h1,12,17H,8-11,13-14H2,2-6H3,(H,23,28). The van der Waals surface area contributed by atoms with Crippen molar-refractivity contribution < 1.29 is 14.3 Å². The van der Waals surface area contributed by atoms with E-state index in [1.807, 2.05) is 40.7 Å². The van der Waals surface area contributed by atoms with Gasteiger partial charge in [-0.15, -0.1) is 12.3 Å². The summed E-state index contributed by atoms with van der Waals surface area (Å²) in [6, 6.07) is 2.05. The summed E-state index contributed by atoms with van der Waals surface area (Å²) in [6.45, 7) is 11.1. The zero-order valence-corrected chi connectivity index (χ0v) is 18.5. The fourth-order valence-corrected chi connectivity index (χ4v) is 3.80. The first kappa shape index (κ1) is 21.9. The zero-order valence-electron chi connectivity index (χ0n) is 18.5. The van der Waals surface area contributed by atoms with Gasteiger partial charge in [-0.25, -0.2) is 4.79 Å². The van der Waals surface area contributed by atoms with E-state index < -0.39 is 11.3 Å². The summed E-state index contributed by atoms with van der Waals surface area (Å²) in [5, 5.41) is 11.2. The van der Waals surface area contributed by atoms with Crippen molar-refractivity contribution in [1.82, 2.24) is 14.8 Å². The van der Waals surface area contributed by atoms with Crippen LogP contribution < -0.4 is 5.32 Å². The van der Waals surface area contributed by atoms with E-state index in [0.717, 1.165) is 17.8 Å². The van der Waals surface area contributed by atoms with E-state index in [0.29, 0.717) is 38.0 Å². The topological polar surface area (TPSA) is 88.3 Å². The number of likely N-dealkylation sites (tertiary alicyclic amines) is 1. The Morgan fingerprint density at radius 2 is 1.97 bits per heavy atom. The Kier molecular flexibility index (Phi) is 5.93. The smallest absolute Gasteiger partial charge is 0.410 e. The van der Waals surface area contributed by atoms with E-state index in [1.54, 1.807) is 4.90 Å². The fourth-order valence-electron chi connectivity index (χ4n) is 3.80. The molecule has 0 atom stereocenters. The van der Waals surface area contributed by atoms with Crippen molar-refractivity contribution in [3.8, 4) is 12.3 Å². The Morgan fingerprint density at radius 1 is 1.30 bits per heavy atom. The predicted molar refractivity (Wildman–Crippen MR) is 113 cm³/mol. The van der Waals surface area contributed by atoms with E-state index in [4.69, 9.17) is 11.2 Å². The van der Waals surface area contributed by atoms with Crippen LogP contribution in [0.1, 0.15) is 67.8 Å². The van der Waals surface area contributed by atoms with E-state index in [-0.39, 0.29) is 18.0 Å². The normalized spacial score (nSPS) is 17.3. The number of hydrogen-bond donors (Lipinski definition) is 1. The molecule has 1 N–H and O–H groups in total. The van der Waals surface area contributed by atoms with Crippen LogP contribution in [-0.2, 0) is 4.74 Å². The Bertz CT molecular complexity index is 891. The number of hydrogen-bond acceptors (Lipinski definition) is 5.